The lowest BCUT2D eigenvalue weighted by atomic mass is 9.93. The van der Waals surface area contributed by atoms with Crippen LogP contribution in [0.15, 0.2) is 79.0 Å². The van der Waals surface area contributed by atoms with E-state index in [-0.39, 0.29) is 18.4 Å². The van der Waals surface area contributed by atoms with Crippen molar-refractivity contribution >= 4 is 40.0 Å². The smallest absolute Gasteiger partial charge is 0.411 e. The van der Waals surface area contributed by atoms with Crippen LogP contribution in [0.25, 0.3) is 10.8 Å². The molecule has 0 saturated heterocycles. The lowest BCUT2D eigenvalue weighted by molar-refractivity contribution is -0.122. The second-order valence-electron chi connectivity index (χ2n) is 9.07. The minimum absolute atomic E-state index is 0.0447. The van der Waals surface area contributed by atoms with Gasteiger partial charge in [-0.1, -0.05) is 36.4 Å². The third kappa shape index (κ3) is 5.98. The van der Waals surface area contributed by atoms with Gasteiger partial charge in [0.2, 0.25) is 5.91 Å². The standard InChI is InChI=1S/C29H29N5O3/c30-27-25-9-8-23(17-22(25)10-13-32-27)31-14-11-26-21-6-4-19(5-7-21)12-15-37-29(36)34-24-3-1-2-20(16-24)18-33-28(26)35/h1-10,13,16-17,26,31H,11-12,14-15,18H2,(H2,30,32)(H,33,35)(H,34,36). The number of carbonyl (C=O) groups is 2. The molecule has 0 aliphatic carbocycles. The van der Waals surface area contributed by atoms with Crippen LogP contribution in [0.2, 0.25) is 0 Å². The molecule has 1 aromatic heterocycles. The Hall–Kier alpha value is -4.59. The number of amides is 2. The van der Waals surface area contributed by atoms with Crippen LogP contribution in [-0.2, 0) is 22.5 Å². The molecule has 37 heavy (non-hydrogen) atoms. The zero-order valence-electron chi connectivity index (χ0n) is 20.4. The number of fused-ring (bicyclic) bond motifs is 10. The minimum atomic E-state index is -0.496. The molecule has 2 amide bonds. The molecule has 0 saturated carbocycles. The van der Waals surface area contributed by atoms with Gasteiger partial charge in [-0.25, -0.2) is 9.78 Å². The lowest BCUT2D eigenvalue weighted by Gasteiger charge is -2.19. The van der Waals surface area contributed by atoms with E-state index in [1.54, 1.807) is 12.3 Å². The summed E-state index contributed by atoms with van der Waals surface area (Å²) in [4.78, 5) is 29.6. The molecular formula is C29H29N5O3. The fourth-order valence-electron chi connectivity index (χ4n) is 4.52. The molecule has 8 nitrogen and oxygen atoms in total. The number of aromatic nitrogens is 1. The van der Waals surface area contributed by atoms with E-state index in [2.05, 4.69) is 20.9 Å². The molecule has 4 bridgehead atoms. The number of rotatable bonds is 4. The highest BCUT2D eigenvalue weighted by Gasteiger charge is 2.21. The summed E-state index contributed by atoms with van der Waals surface area (Å²) >= 11 is 0. The summed E-state index contributed by atoms with van der Waals surface area (Å²) in [5, 5.41) is 11.2. The van der Waals surface area contributed by atoms with Crippen LogP contribution < -0.4 is 21.7 Å². The number of carbonyl (C=O) groups excluding carboxylic acids is 2. The molecular weight excluding hydrogens is 466 g/mol. The first-order valence-corrected chi connectivity index (χ1v) is 12.3. The van der Waals surface area contributed by atoms with Crippen LogP contribution in [-0.4, -0.2) is 30.1 Å². The predicted molar refractivity (Wildman–Crippen MR) is 145 cm³/mol. The van der Waals surface area contributed by atoms with Gasteiger partial charge in [0.1, 0.15) is 5.82 Å². The number of hydrogen-bond donors (Lipinski definition) is 4. The van der Waals surface area contributed by atoms with Crippen LogP contribution in [0, 0.1) is 0 Å². The average Bonchev–Trinajstić information content (AvgIpc) is 2.90. The second kappa shape index (κ2) is 11.0. The Morgan fingerprint density at radius 2 is 1.86 bits per heavy atom. The van der Waals surface area contributed by atoms with Gasteiger partial charge in [-0.05, 0) is 64.9 Å². The first-order valence-electron chi connectivity index (χ1n) is 12.3. The minimum Gasteiger partial charge on any atom is -0.449 e. The highest BCUT2D eigenvalue weighted by molar-refractivity contribution is 5.93. The largest absolute Gasteiger partial charge is 0.449 e. The van der Waals surface area contributed by atoms with E-state index in [0.29, 0.717) is 37.4 Å². The third-order valence-corrected chi connectivity index (χ3v) is 6.52. The Balaban J connectivity index is 1.33. The molecule has 3 aromatic carbocycles. The zero-order valence-corrected chi connectivity index (χ0v) is 20.4. The number of nitrogen functional groups attached to an aromatic ring is 1. The van der Waals surface area contributed by atoms with Gasteiger partial charge in [0.15, 0.2) is 0 Å². The van der Waals surface area contributed by atoms with Crippen molar-refractivity contribution in [1.29, 1.82) is 0 Å². The maximum absolute atomic E-state index is 13.4. The summed E-state index contributed by atoms with van der Waals surface area (Å²) in [7, 11) is 0. The van der Waals surface area contributed by atoms with Crippen LogP contribution in [0.1, 0.15) is 29.0 Å². The highest BCUT2D eigenvalue weighted by Crippen LogP contribution is 2.25. The predicted octanol–water partition coefficient (Wildman–Crippen LogP) is 4.82. The molecule has 2 aliphatic heterocycles. The van der Waals surface area contributed by atoms with Crippen molar-refractivity contribution in [2.45, 2.75) is 25.3 Å². The van der Waals surface area contributed by atoms with Crippen molar-refractivity contribution < 1.29 is 14.3 Å². The van der Waals surface area contributed by atoms with Crippen LogP contribution in [0.5, 0.6) is 0 Å². The van der Waals surface area contributed by atoms with Crippen LogP contribution in [0.3, 0.4) is 0 Å². The Morgan fingerprint density at radius 1 is 1.00 bits per heavy atom. The van der Waals surface area contributed by atoms with Gasteiger partial charge in [0.05, 0.1) is 12.5 Å². The van der Waals surface area contributed by atoms with E-state index >= 15 is 0 Å². The number of nitrogens with two attached hydrogens (primary N) is 1. The topological polar surface area (TPSA) is 118 Å². The quantitative estimate of drug-likeness (QED) is 0.322. The maximum atomic E-state index is 13.4. The molecule has 1 atom stereocenters. The summed E-state index contributed by atoms with van der Waals surface area (Å²) in [6.45, 7) is 1.24. The van der Waals surface area contributed by atoms with Gasteiger partial charge in [-0.15, -0.1) is 0 Å². The Kier molecular flexibility index (Phi) is 7.16. The first kappa shape index (κ1) is 24.1. The van der Waals surface area contributed by atoms with Gasteiger partial charge in [0, 0.05) is 42.5 Å². The highest BCUT2D eigenvalue weighted by atomic mass is 16.5. The molecule has 1 unspecified atom stereocenters. The summed E-state index contributed by atoms with van der Waals surface area (Å²) in [6, 6.07) is 23.2. The SMILES string of the molecule is Nc1nccc2cc(NCCC3C(=O)NCc4cccc(c4)NC(=O)OCCc4ccc3cc4)ccc12. The van der Waals surface area contributed by atoms with Crippen LogP contribution in [0.4, 0.5) is 22.0 Å². The third-order valence-electron chi connectivity index (χ3n) is 6.52. The van der Waals surface area contributed by atoms with Gasteiger partial charge >= 0.3 is 6.09 Å². The van der Waals surface area contributed by atoms with Crippen molar-refractivity contribution in [3.05, 3.63) is 95.7 Å². The molecule has 3 heterocycles. The monoisotopic (exact) mass is 495 g/mol. The molecule has 4 aromatic rings. The molecule has 188 valence electrons. The lowest BCUT2D eigenvalue weighted by Crippen LogP contribution is -2.30. The van der Waals surface area contributed by atoms with E-state index in [9.17, 15) is 9.59 Å². The van der Waals surface area contributed by atoms with Gasteiger partial charge in [-0.2, -0.15) is 0 Å². The average molecular weight is 496 g/mol. The van der Waals surface area contributed by atoms with Crippen molar-refractivity contribution in [2.75, 3.05) is 29.5 Å². The van der Waals surface area contributed by atoms with Gasteiger partial charge in [0.25, 0.3) is 0 Å². The van der Waals surface area contributed by atoms with Crippen molar-refractivity contribution in [3.8, 4) is 0 Å². The maximum Gasteiger partial charge on any atom is 0.411 e. The molecule has 0 radical (unpaired) electrons. The fraction of sp³-hybridized carbons (Fsp3) is 0.207. The van der Waals surface area contributed by atoms with Crippen molar-refractivity contribution in [3.63, 3.8) is 0 Å². The number of nitrogens with zero attached hydrogens (tertiary/aromatic N) is 1. The van der Waals surface area contributed by atoms with E-state index in [1.807, 2.05) is 66.7 Å². The normalized spacial score (nSPS) is 16.1. The summed E-state index contributed by atoms with van der Waals surface area (Å²) in [5.41, 5.74) is 10.4. The molecule has 2 aliphatic rings. The Labute approximate surface area is 215 Å². The molecule has 0 fully saturated rings. The number of pyridine rings is 1. The van der Waals surface area contributed by atoms with E-state index < -0.39 is 6.09 Å². The number of hydrogen-bond acceptors (Lipinski definition) is 6. The van der Waals surface area contributed by atoms with Crippen molar-refractivity contribution in [1.82, 2.24) is 10.3 Å². The summed E-state index contributed by atoms with van der Waals surface area (Å²) < 4.78 is 5.32. The van der Waals surface area contributed by atoms with Crippen LogP contribution >= 0.6 is 0 Å². The van der Waals surface area contributed by atoms with Gasteiger partial charge < -0.3 is 21.1 Å². The molecule has 0 spiro atoms. The van der Waals surface area contributed by atoms with E-state index in [0.717, 1.165) is 33.2 Å². The van der Waals surface area contributed by atoms with Gasteiger partial charge in [-0.3, -0.25) is 10.1 Å². The number of benzene rings is 3. The molecule has 5 N–H and O–H groups in total. The number of anilines is 3. The summed E-state index contributed by atoms with van der Waals surface area (Å²) in [5.74, 6) is 0.139. The summed E-state index contributed by atoms with van der Waals surface area (Å²) in [6.07, 6.45) is 2.41. The van der Waals surface area contributed by atoms with Crippen molar-refractivity contribution in [2.24, 2.45) is 0 Å². The first-order chi connectivity index (χ1) is 18.0. The Bertz CT molecular complexity index is 1420. The molecule has 8 heteroatoms. The molecule has 6 rings (SSSR count). The number of ether oxygens (including phenoxy) is 1. The fourth-order valence-corrected chi connectivity index (χ4v) is 4.52. The number of nitrogens with one attached hydrogen (secondary N) is 3. The Morgan fingerprint density at radius 3 is 2.73 bits per heavy atom. The van der Waals surface area contributed by atoms with E-state index in [1.165, 1.54) is 0 Å². The zero-order chi connectivity index (χ0) is 25.6. The van der Waals surface area contributed by atoms with E-state index in [4.69, 9.17) is 10.5 Å². The second-order valence-corrected chi connectivity index (χ2v) is 9.07.